The predicted molar refractivity (Wildman–Crippen MR) is 153 cm³/mol. The highest BCUT2D eigenvalue weighted by atomic mass is 16.2. The Hall–Kier alpha value is -4.98. The number of nitrogen functional groups attached to an aromatic ring is 1. The molecular weight excluding hydrogens is 520 g/mol. The topological polar surface area (TPSA) is 173 Å². The Labute approximate surface area is 237 Å². The molecule has 1 aliphatic carbocycles. The number of pyridine rings is 1. The number of primary amides is 1. The van der Waals surface area contributed by atoms with Crippen molar-refractivity contribution < 1.29 is 14.4 Å². The Bertz CT molecular complexity index is 1560. The van der Waals surface area contributed by atoms with Crippen molar-refractivity contribution in [3.63, 3.8) is 0 Å². The quantitative estimate of drug-likeness (QED) is 0.218. The Balaban J connectivity index is 1.43. The van der Waals surface area contributed by atoms with Crippen molar-refractivity contribution in [2.24, 2.45) is 11.7 Å². The van der Waals surface area contributed by atoms with Gasteiger partial charge in [0.1, 0.15) is 23.2 Å². The molecule has 3 amide bonds. The summed E-state index contributed by atoms with van der Waals surface area (Å²) < 4.78 is 1.15. The second-order valence-corrected chi connectivity index (χ2v) is 10.4. The predicted octanol–water partition coefficient (Wildman–Crippen LogP) is 3.49. The molecule has 2 aliphatic rings. The monoisotopic (exact) mass is 552 g/mol. The smallest absolute Gasteiger partial charge is 0.269 e. The van der Waals surface area contributed by atoms with E-state index in [1.807, 2.05) is 19.1 Å². The van der Waals surface area contributed by atoms with Gasteiger partial charge in [-0.15, -0.1) is 0 Å². The highest BCUT2D eigenvalue weighted by Gasteiger charge is 2.36. The Kier molecular flexibility index (Phi) is 7.83. The SMILES string of the molecule is CCc1ccnc(NC(=O)c2ccc(-c3nc(C4CCCCN4C(=O)/C(C#N)=C/C4CC4)n(N)c3C(N)=O)cc2)c1. The number of nitrogens with two attached hydrogens (primary N) is 2. The number of piperidine rings is 1. The van der Waals surface area contributed by atoms with Crippen molar-refractivity contribution >= 4 is 23.5 Å². The molecule has 1 saturated heterocycles. The lowest BCUT2D eigenvalue weighted by Crippen LogP contribution is -2.41. The van der Waals surface area contributed by atoms with Crippen molar-refractivity contribution in [2.45, 2.75) is 51.5 Å². The minimum absolute atomic E-state index is 0.00946. The van der Waals surface area contributed by atoms with Gasteiger partial charge >= 0.3 is 0 Å². The molecule has 0 spiro atoms. The maximum absolute atomic E-state index is 13.4. The number of nitrogens with zero attached hydrogens (tertiary/aromatic N) is 5. The summed E-state index contributed by atoms with van der Waals surface area (Å²) in [6.07, 6.45) is 8.36. The number of hydrogen-bond acceptors (Lipinski definition) is 7. The zero-order chi connectivity index (χ0) is 29.1. The molecule has 0 radical (unpaired) electrons. The van der Waals surface area contributed by atoms with Crippen LogP contribution >= 0.6 is 0 Å². The number of nitrogens with one attached hydrogen (secondary N) is 1. The molecule has 3 aromatic rings. The average Bonchev–Trinajstić information content (AvgIpc) is 3.75. The lowest BCUT2D eigenvalue weighted by molar-refractivity contribution is -0.130. The molecule has 5 rings (SSSR count). The third-order valence-electron chi connectivity index (χ3n) is 7.50. The summed E-state index contributed by atoms with van der Waals surface area (Å²) in [6, 6.07) is 11.8. The highest BCUT2D eigenvalue weighted by Crippen LogP contribution is 2.36. The summed E-state index contributed by atoms with van der Waals surface area (Å²) >= 11 is 0. The first-order chi connectivity index (χ1) is 19.8. The second kappa shape index (κ2) is 11.6. The summed E-state index contributed by atoms with van der Waals surface area (Å²) in [4.78, 5) is 49.2. The molecule has 0 bridgehead atoms. The van der Waals surface area contributed by atoms with E-state index in [9.17, 15) is 19.6 Å². The number of likely N-dealkylation sites (tertiary alicyclic amines) is 1. The van der Waals surface area contributed by atoms with Gasteiger partial charge in [-0.25, -0.2) is 14.6 Å². The van der Waals surface area contributed by atoms with E-state index < -0.39 is 11.9 Å². The number of aryl methyl sites for hydroxylation is 1. The standard InChI is InChI=1S/C30H32N8O3/c1-2-18-12-13-34-24(16-18)35-29(40)21-10-8-20(9-11-21)25-26(27(32)39)38(33)28(36-25)23-5-3-4-14-37(23)30(41)22(17-31)15-19-6-7-19/h8-13,15-16,19,23H,2-7,14,33H2,1H3,(H2,32,39)(H,34,35,40)/b22-15+. The third-order valence-corrected chi connectivity index (χ3v) is 7.50. The van der Waals surface area contributed by atoms with E-state index >= 15 is 0 Å². The van der Waals surface area contributed by atoms with Crippen molar-refractivity contribution in [1.29, 1.82) is 5.26 Å². The van der Waals surface area contributed by atoms with Crippen molar-refractivity contribution in [3.8, 4) is 17.3 Å². The second-order valence-electron chi connectivity index (χ2n) is 10.4. The number of nitriles is 1. The normalized spacial score (nSPS) is 17.1. The largest absolute Gasteiger partial charge is 0.364 e. The number of rotatable bonds is 8. The number of aromatic nitrogens is 3. The average molecular weight is 553 g/mol. The van der Waals surface area contributed by atoms with Crippen LogP contribution in [0.1, 0.15) is 77.3 Å². The minimum Gasteiger partial charge on any atom is -0.364 e. The van der Waals surface area contributed by atoms with Crippen LogP contribution in [0.4, 0.5) is 5.82 Å². The zero-order valence-corrected chi connectivity index (χ0v) is 22.8. The summed E-state index contributed by atoms with van der Waals surface area (Å²) in [5, 5.41) is 12.4. The number of carbonyl (C=O) groups excluding carboxylic acids is 3. The van der Waals surface area contributed by atoms with Crippen LogP contribution in [0.2, 0.25) is 0 Å². The molecule has 1 aliphatic heterocycles. The number of anilines is 1. The van der Waals surface area contributed by atoms with Gasteiger partial charge in [0.25, 0.3) is 17.7 Å². The van der Waals surface area contributed by atoms with E-state index in [1.165, 1.54) is 0 Å². The van der Waals surface area contributed by atoms with Gasteiger partial charge < -0.3 is 21.8 Å². The maximum atomic E-state index is 13.4. The van der Waals surface area contributed by atoms with Gasteiger partial charge in [0, 0.05) is 23.9 Å². The Morgan fingerprint density at radius 3 is 2.56 bits per heavy atom. The third kappa shape index (κ3) is 5.82. The number of amides is 3. The van der Waals surface area contributed by atoms with E-state index in [-0.39, 0.29) is 34.7 Å². The summed E-state index contributed by atoms with van der Waals surface area (Å²) in [6.45, 7) is 2.47. The molecule has 210 valence electrons. The van der Waals surface area contributed by atoms with Gasteiger partial charge in [-0.05, 0) is 74.3 Å². The van der Waals surface area contributed by atoms with Gasteiger partial charge in [-0.1, -0.05) is 25.1 Å². The molecule has 1 unspecified atom stereocenters. The van der Waals surface area contributed by atoms with Crippen LogP contribution in [0.3, 0.4) is 0 Å². The van der Waals surface area contributed by atoms with E-state index in [0.29, 0.717) is 35.7 Å². The van der Waals surface area contributed by atoms with Gasteiger partial charge in [0.15, 0.2) is 11.5 Å². The van der Waals surface area contributed by atoms with E-state index in [1.54, 1.807) is 41.4 Å². The van der Waals surface area contributed by atoms with Gasteiger partial charge in [-0.2, -0.15) is 5.26 Å². The first-order valence-electron chi connectivity index (χ1n) is 13.8. The molecule has 1 atom stereocenters. The van der Waals surface area contributed by atoms with Crippen LogP contribution in [0.15, 0.2) is 54.2 Å². The first-order valence-corrected chi connectivity index (χ1v) is 13.8. The molecule has 2 fully saturated rings. The van der Waals surface area contributed by atoms with Crippen LogP contribution in [0.25, 0.3) is 11.3 Å². The van der Waals surface area contributed by atoms with E-state index in [2.05, 4.69) is 16.4 Å². The fraction of sp³-hybridized carbons (Fsp3) is 0.333. The summed E-state index contributed by atoms with van der Waals surface area (Å²) in [5.74, 6) is 5.96. The summed E-state index contributed by atoms with van der Waals surface area (Å²) in [5.41, 5.74) is 8.07. The molecular formula is C30H32N8O3. The van der Waals surface area contributed by atoms with Crippen LogP contribution in [-0.2, 0) is 11.2 Å². The van der Waals surface area contributed by atoms with E-state index in [0.717, 1.165) is 42.3 Å². The van der Waals surface area contributed by atoms with Crippen LogP contribution < -0.4 is 16.9 Å². The molecule has 3 heterocycles. The van der Waals surface area contributed by atoms with Crippen LogP contribution in [0.5, 0.6) is 0 Å². The molecule has 11 heteroatoms. The molecule has 5 N–H and O–H groups in total. The maximum Gasteiger partial charge on any atom is 0.269 e. The van der Waals surface area contributed by atoms with Crippen molar-refractivity contribution in [1.82, 2.24) is 19.5 Å². The van der Waals surface area contributed by atoms with Crippen LogP contribution in [0, 0.1) is 17.2 Å². The number of carbonyl (C=O) groups is 3. The Morgan fingerprint density at radius 1 is 1.15 bits per heavy atom. The molecule has 2 aromatic heterocycles. The highest BCUT2D eigenvalue weighted by molar-refractivity contribution is 6.04. The fourth-order valence-corrected chi connectivity index (χ4v) is 5.11. The molecule has 11 nitrogen and oxygen atoms in total. The lowest BCUT2D eigenvalue weighted by Gasteiger charge is -2.35. The number of allylic oxidation sites excluding steroid dienone is 1. The van der Waals surface area contributed by atoms with Crippen molar-refractivity contribution in [3.05, 3.63) is 76.9 Å². The van der Waals surface area contributed by atoms with Gasteiger partial charge in [0.2, 0.25) is 0 Å². The lowest BCUT2D eigenvalue weighted by atomic mass is 10.00. The molecule has 41 heavy (non-hydrogen) atoms. The zero-order valence-electron chi connectivity index (χ0n) is 22.8. The number of imidazole rings is 1. The Morgan fingerprint density at radius 2 is 1.90 bits per heavy atom. The minimum atomic E-state index is -0.773. The van der Waals surface area contributed by atoms with Crippen LogP contribution in [-0.4, -0.2) is 43.8 Å². The van der Waals surface area contributed by atoms with Crippen molar-refractivity contribution in [2.75, 3.05) is 17.7 Å². The molecule has 1 saturated carbocycles. The van der Waals surface area contributed by atoms with Gasteiger partial charge in [-0.3, -0.25) is 14.4 Å². The van der Waals surface area contributed by atoms with Gasteiger partial charge in [0.05, 0.1) is 6.04 Å². The number of benzene rings is 1. The number of hydrogen-bond donors (Lipinski definition) is 3. The summed E-state index contributed by atoms with van der Waals surface area (Å²) in [7, 11) is 0. The first kappa shape index (κ1) is 27.6. The molecule has 1 aromatic carbocycles. The fourth-order valence-electron chi connectivity index (χ4n) is 5.11. The van der Waals surface area contributed by atoms with E-state index in [4.69, 9.17) is 16.6 Å².